The van der Waals surface area contributed by atoms with Crippen molar-refractivity contribution >= 4 is 70.8 Å². The number of nitrogens with zero attached hydrogens (tertiary/aromatic N) is 10. The molecule has 2 atom stereocenters. The number of carbonyl (C=O) groups excluding carboxylic acids is 2. The third kappa shape index (κ3) is 8.68. The van der Waals surface area contributed by atoms with Crippen LogP contribution in [0.1, 0.15) is 50.5 Å². The van der Waals surface area contributed by atoms with E-state index >= 15 is 4.39 Å². The van der Waals surface area contributed by atoms with Gasteiger partial charge < -0.3 is 33.8 Å². The van der Waals surface area contributed by atoms with E-state index in [1.54, 1.807) is 43.1 Å². The third-order valence-electron chi connectivity index (χ3n) is 11.2. The number of halogens is 1. The van der Waals surface area contributed by atoms with E-state index in [0.29, 0.717) is 111 Å². The summed E-state index contributed by atoms with van der Waals surface area (Å²) < 4.78 is 32.9. The SMILES string of the molecule is [B]c1c(C)cc2c(N3CCN(C(=O)OC(C)(C)C)CC3)nc(N(C)NC(=O)c3cccc(-c4ccc5c(N6CCOC[C@H]6C)nc(N6CCOC[C@H]6C)nc5n4)c3)nc2c1F. The number of aromatic nitrogens is 5. The largest absolute Gasteiger partial charge is 0.444 e. The van der Waals surface area contributed by atoms with Crippen LogP contribution < -0.4 is 30.6 Å². The maximum Gasteiger partial charge on any atom is 0.410 e. The second kappa shape index (κ2) is 16.9. The van der Waals surface area contributed by atoms with E-state index in [0.717, 1.165) is 11.2 Å². The minimum absolute atomic E-state index is 0.0180. The number of nitrogens with one attached hydrogen (secondary N) is 1. The van der Waals surface area contributed by atoms with Crippen LogP contribution in [0.3, 0.4) is 0 Å². The van der Waals surface area contributed by atoms with Gasteiger partial charge in [0.25, 0.3) is 5.91 Å². The van der Waals surface area contributed by atoms with Gasteiger partial charge >= 0.3 is 6.09 Å². The first-order valence-electron chi connectivity index (χ1n) is 20.7. The quantitative estimate of drug-likeness (QED) is 0.184. The zero-order chi connectivity index (χ0) is 43.2. The fraction of sp³-hybridized carbons (Fsp3) is 0.465. The molecule has 318 valence electrons. The van der Waals surface area contributed by atoms with Crippen molar-refractivity contribution in [3.63, 3.8) is 0 Å². The summed E-state index contributed by atoms with van der Waals surface area (Å²) in [7, 11) is 7.72. The normalized spacial score (nSPS) is 18.8. The van der Waals surface area contributed by atoms with Crippen LogP contribution in [0.4, 0.5) is 32.7 Å². The summed E-state index contributed by atoms with van der Waals surface area (Å²) in [5.74, 6) is 0.793. The summed E-state index contributed by atoms with van der Waals surface area (Å²) >= 11 is 0. The van der Waals surface area contributed by atoms with Crippen LogP contribution in [0.5, 0.6) is 0 Å². The number of ether oxygens (including phenoxy) is 3. The number of hydrogen-bond donors (Lipinski definition) is 1. The van der Waals surface area contributed by atoms with Crippen molar-refractivity contribution in [1.29, 1.82) is 0 Å². The van der Waals surface area contributed by atoms with Gasteiger partial charge in [0, 0.05) is 62.8 Å². The maximum atomic E-state index is 15.8. The van der Waals surface area contributed by atoms with Crippen molar-refractivity contribution in [2.24, 2.45) is 0 Å². The number of carbonyl (C=O) groups is 2. The minimum atomic E-state index is -0.675. The second-order valence-corrected chi connectivity index (χ2v) is 16.8. The lowest BCUT2D eigenvalue weighted by Gasteiger charge is -2.37. The van der Waals surface area contributed by atoms with E-state index in [1.807, 2.05) is 43.9 Å². The van der Waals surface area contributed by atoms with Crippen LogP contribution >= 0.6 is 0 Å². The number of aryl methyl sites for hydroxylation is 1. The molecule has 16 nitrogen and oxygen atoms in total. The lowest BCUT2D eigenvalue weighted by Crippen LogP contribution is -2.50. The number of anilines is 4. The number of fused-ring (bicyclic) bond motifs is 2. The highest BCUT2D eigenvalue weighted by Crippen LogP contribution is 2.33. The second-order valence-electron chi connectivity index (χ2n) is 16.8. The van der Waals surface area contributed by atoms with Crippen molar-refractivity contribution in [3.8, 4) is 11.3 Å². The molecule has 18 heteroatoms. The highest BCUT2D eigenvalue weighted by Gasteiger charge is 2.30. The number of hydrazine groups is 1. The average molecular weight is 832 g/mol. The predicted octanol–water partition coefficient (Wildman–Crippen LogP) is 4.16. The Balaban J connectivity index is 1.07. The molecule has 2 amide bonds. The molecule has 2 aromatic carbocycles. The smallest absolute Gasteiger partial charge is 0.410 e. The molecule has 0 bridgehead atoms. The number of piperazine rings is 1. The van der Waals surface area contributed by atoms with E-state index in [-0.39, 0.29) is 29.0 Å². The van der Waals surface area contributed by atoms with E-state index in [4.69, 9.17) is 42.0 Å². The monoisotopic (exact) mass is 831 g/mol. The molecule has 2 radical (unpaired) electrons. The van der Waals surface area contributed by atoms with Gasteiger partial charge in [0.05, 0.1) is 49.6 Å². The summed E-state index contributed by atoms with van der Waals surface area (Å²) in [6.45, 7) is 16.7. The Hall–Kier alpha value is -5.88. The van der Waals surface area contributed by atoms with Gasteiger partial charge in [-0.25, -0.2) is 19.2 Å². The molecule has 1 N–H and O–H groups in total. The molecule has 3 aromatic heterocycles. The number of morpholine rings is 2. The summed E-state index contributed by atoms with van der Waals surface area (Å²) in [5.41, 5.74) is 5.01. The van der Waals surface area contributed by atoms with E-state index in [1.165, 1.54) is 5.01 Å². The van der Waals surface area contributed by atoms with E-state index < -0.39 is 23.4 Å². The zero-order valence-corrected chi connectivity index (χ0v) is 35.7. The van der Waals surface area contributed by atoms with Crippen molar-refractivity contribution < 1.29 is 28.2 Å². The van der Waals surface area contributed by atoms with Crippen LogP contribution in [-0.4, -0.2) is 140 Å². The van der Waals surface area contributed by atoms with Crippen molar-refractivity contribution in [1.82, 2.24) is 35.2 Å². The van der Waals surface area contributed by atoms with Crippen molar-refractivity contribution in [2.45, 2.75) is 59.2 Å². The minimum Gasteiger partial charge on any atom is -0.444 e. The lowest BCUT2D eigenvalue weighted by molar-refractivity contribution is 0.0240. The first-order chi connectivity index (χ1) is 29.1. The van der Waals surface area contributed by atoms with E-state index in [9.17, 15) is 9.59 Å². The molecular weight excluding hydrogens is 780 g/mol. The van der Waals surface area contributed by atoms with Gasteiger partial charge in [0.2, 0.25) is 11.9 Å². The van der Waals surface area contributed by atoms with Crippen LogP contribution in [-0.2, 0) is 14.2 Å². The van der Waals surface area contributed by atoms with Gasteiger partial charge in [0.1, 0.15) is 36.4 Å². The molecule has 8 rings (SSSR count). The summed E-state index contributed by atoms with van der Waals surface area (Å²) in [5, 5.41) is 2.65. The van der Waals surface area contributed by atoms with E-state index in [2.05, 4.69) is 34.1 Å². The Kier molecular flexibility index (Phi) is 11.6. The molecule has 6 heterocycles. The van der Waals surface area contributed by atoms with Crippen LogP contribution in [0.15, 0.2) is 42.5 Å². The third-order valence-corrected chi connectivity index (χ3v) is 11.2. The van der Waals surface area contributed by atoms with Crippen LogP contribution in [0, 0.1) is 12.7 Å². The first kappa shape index (κ1) is 41.8. The van der Waals surface area contributed by atoms with Crippen LogP contribution in [0.25, 0.3) is 33.2 Å². The molecule has 0 aliphatic carbocycles. The summed E-state index contributed by atoms with van der Waals surface area (Å²) in [4.78, 5) is 59.2. The van der Waals surface area contributed by atoms with Gasteiger partial charge in [-0.1, -0.05) is 23.2 Å². The highest BCUT2D eigenvalue weighted by molar-refractivity contribution is 6.34. The summed E-state index contributed by atoms with van der Waals surface area (Å²) in [6.07, 6.45) is -0.396. The molecule has 3 aliphatic heterocycles. The fourth-order valence-corrected chi connectivity index (χ4v) is 7.80. The topological polar surface area (TPSA) is 155 Å². The van der Waals surface area contributed by atoms with Gasteiger partial charge in [0.15, 0.2) is 5.65 Å². The Morgan fingerprint density at radius 3 is 2.26 bits per heavy atom. The average Bonchev–Trinajstić information content (AvgIpc) is 3.24. The van der Waals surface area contributed by atoms with Crippen molar-refractivity contribution in [2.75, 3.05) is 92.5 Å². The lowest BCUT2D eigenvalue weighted by atomic mass is 9.89. The number of hydrogen-bond acceptors (Lipinski definition) is 14. The molecule has 0 unspecified atom stereocenters. The number of amides is 2. The molecule has 0 spiro atoms. The molecule has 61 heavy (non-hydrogen) atoms. The first-order valence-corrected chi connectivity index (χ1v) is 20.7. The molecule has 5 aromatic rings. The van der Waals surface area contributed by atoms with Gasteiger partial charge in [-0.2, -0.15) is 15.0 Å². The Labute approximate surface area is 355 Å². The summed E-state index contributed by atoms with van der Waals surface area (Å²) in [6, 6.07) is 13.0. The Morgan fingerprint density at radius 2 is 1.57 bits per heavy atom. The Bertz CT molecular complexity index is 2480. The predicted molar refractivity (Wildman–Crippen MR) is 234 cm³/mol. The number of pyridine rings is 1. The molecule has 3 fully saturated rings. The van der Waals surface area contributed by atoms with Gasteiger partial charge in [-0.15, -0.1) is 0 Å². The zero-order valence-electron chi connectivity index (χ0n) is 35.7. The standard InChI is InChI=1S/C43H51BFN11O5/c1-25-21-31-35(34(45)33(25)44)47-40(49-37(31)53-13-15-54(16-14-53)42(58)61-43(4,5)6)52(7)51-39(57)29-10-8-9-28(22-29)32-12-11-30-36(46-32)48-41(56-18-20-60-24-27(56)3)50-38(30)55-17-19-59-23-26(55)2/h8-12,21-22,26-27H,13-20,23-24H2,1-7H3,(H,51,57)/t26-,27-/m1/s1. The molecular formula is C43H51BFN11O5. The highest BCUT2D eigenvalue weighted by atomic mass is 19.1. The molecule has 3 saturated heterocycles. The molecule has 0 saturated carbocycles. The van der Waals surface area contributed by atoms with Gasteiger partial charge in [-0.3, -0.25) is 15.2 Å². The molecule has 3 aliphatic rings. The number of benzene rings is 2. The van der Waals surface area contributed by atoms with Gasteiger partial charge in [-0.05, 0) is 71.9 Å². The fourth-order valence-electron chi connectivity index (χ4n) is 7.80. The van der Waals surface area contributed by atoms with Crippen LogP contribution in [0.2, 0.25) is 0 Å². The van der Waals surface area contributed by atoms with Crippen molar-refractivity contribution in [3.05, 3.63) is 59.4 Å². The maximum absolute atomic E-state index is 15.8. The Morgan fingerprint density at radius 1 is 0.869 bits per heavy atom. The number of rotatable bonds is 7.